The molecular formula is C29H32ClF3N4O4. The Morgan fingerprint density at radius 1 is 1.12 bits per heavy atom. The summed E-state index contributed by atoms with van der Waals surface area (Å²) in [5.74, 6) is -1.48. The van der Waals surface area contributed by atoms with E-state index in [2.05, 4.69) is 9.97 Å². The lowest BCUT2D eigenvalue weighted by molar-refractivity contribution is -0.199. The van der Waals surface area contributed by atoms with E-state index in [1.807, 2.05) is 36.4 Å². The van der Waals surface area contributed by atoms with Gasteiger partial charge in [-0.3, -0.25) is 4.79 Å². The van der Waals surface area contributed by atoms with Gasteiger partial charge in [0.25, 0.3) is 0 Å². The van der Waals surface area contributed by atoms with Crippen molar-refractivity contribution >= 4 is 29.9 Å². The van der Waals surface area contributed by atoms with Crippen LogP contribution in [0.25, 0.3) is 16.7 Å². The Balaban J connectivity index is 0.00000462. The van der Waals surface area contributed by atoms with Crippen LogP contribution in [0.1, 0.15) is 50.0 Å². The fourth-order valence-electron chi connectivity index (χ4n) is 4.73. The average molecular weight is 593 g/mol. The molecule has 0 saturated carbocycles. The van der Waals surface area contributed by atoms with Crippen LogP contribution < -0.4 is 20.9 Å². The molecule has 12 heteroatoms. The van der Waals surface area contributed by atoms with Crippen LogP contribution in [0.15, 0.2) is 60.7 Å². The minimum Gasteiger partial charge on any atom is -0.493 e. The van der Waals surface area contributed by atoms with Crippen molar-refractivity contribution in [1.82, 2.24) is 9.97 Å². The van der Waals surface area contributed by atoms with Gasteiger partial charge in [-0.05, 0) is 61.3 Å². The third-order valence-electron chi connectivity index (χ3n) is 6.71. The predicted octanol–water partition coefficient (Wildman–Crippen LogP) is 6.21. The highest BCUT2D eigenvalue weighted by Gasteiger charge is 2.45. The summed E-state index contributed by atoms with van der Waals surface area (Å²) < 4.78 is 54.2. The Morgan fingerprint density at radius 3 is 2.46 bits per heavy atom. The predicted molar refractivity (Wildman–Crippen MR) is 152 cm³/mol. The lowest BCUT2D eigenvalue weighted by atomic mass is 9.84. The zero-order chi connectivity index (χ0) is 28.9. The number of ether oxygens (including phenoxy) is 2. The largest absolute Gasteiger partial charge is 0.493 e. The summed E-state index contributed by atoms with van der Waals surface area (Å²) in [5.41, 5.74) is 14.0. The fraction of sp³-hybridized carbons (Fsp3) is 0.345. The number of carbonyl (C=O) groups is 1. The number of aromatic nitrogens is 2. The molecule has 5 N–H and O–H groups in total. The molecule has 8 nitrogen and oxygen atoms in total. The van der Waals surface area contributed by atoms with Crippen molar-refractivity contribution < 1.29 is 32.5 Å². The van der Waals surface area contributed by atoms with Gasteiger partial charge in [-0.25, -0.2) is 4.98 Å². The first kappa shape index (κ1) is 31.7. The number of aliphatic carboxylic acids is 1. The number of nitrogens with zero attached hydrogens (tertiary/aromatic N) is 2. The molecule has 1 aliphatic carbocycles. The normalized spacial score (nSPS) is 16.6. The lowest BCUT2D eigenvalue weighted by Crippen LogP contribution is -2.32. The molecule has 1 unspecified atom stereocenters. The first-order valence-corrected chi connectivity index (χ1v) is 12.9. The Hall–Kier alpha value is -3.83. The van der Waals surface area contributed by atoms with Gasteiger partial charge in [0.15, 0.2) is 0 Å². The molecule has 0 amide bonds. The van der Waals surface area contributed by atoms with Crippen molar-refractivity contribution in [1.29, 1.82) is 0 Å². The molecule has 41 heavy (non-hydrogen) atoms. The van der Waals surface area contributed by atoms with E-state index < -0.39 is 24.3 Å². The first-order chi connectivity index (χ1) is 19.0. The van der Waals surface area contributed by atoms with Gasteiger partial charge in [0.05, 0.1) is 12.3 Å². The number of allylic oxidation sites excluding steroid dienone is 2. The van der Waals surface area contributed by atoms with Crippen molar-refractivity contribution in [2.45, 2.75) is 50.9 Å². The van der Waals surface area contributed by atoms with Crippen LogP contribution in [0.5, 0.6) is 11.6 Å². The molecule has 1 aliphatic rings. The minimum atomic E-state index is -4.79. The molecule has 0 fully saturated rings. The summed E-state index contributed by atoms with van der Waals surface area (Å²) >= 11 is 0. The number of halogens is 4. The molecule has 0 radical (unpaired) electrons. The quantitative estimate of drug-likeness (QED) is 0.253. The number of carboxylic acids is 1. The number of anilines is 1. The maximum Gasteiger partial charge on any atom is 0.429 e. The fourth-order valence-corrected chi connectivity index (χ4v) is 4.73. The van der Waals surface area contributed by atoms with Gasteiger partial charge in [-0.2, -0.15) is 18.2 Å². The van der Waals surface area contributed by atoms with E-state index in [4.69, 9.17) is 26.0 Å². The Bertz CT molecular complexity index is 1370. The van der Waals surface area contributed by atoms with Gasteiger partial charge in [-0.15, -0.1) is 12.4 Å². The van der Waals surface area contributed by atoms with Crippen molar-refractivity contribution in [3.63, 3.8) is 0 Å². The van der Waals surface area contributed by atoms with Crippen molar-refractivity contribution in [3.8, 4) is 22.8 Å². The van der Waals surface area contributed by atoms with Crippen LogP contribution >= 0.6 is 12.4 Å². The highest BCUT2D eigenvalue weighted by molar-refractivity contribution is 5.85. The molecule has 0 saturated heterocycles. The summed E-state index contributed by atoms with van der Waals surface area (Å²) in [5, 5.41) is 9.05. The number of alkyl halides is 3. The standard InChI is InChI=1S/C29H31F3N4O4.ClH/c1-2-39-24-15-20(18-6-4-3-5-7-18)12-13-21(24)26(29(30,31)32)40-25-16-23(35-28(34)36-25)19-10-8-17(9-11-19)14-22(33)27(37)38;/h3-7,10,12-13,15-17,22,26H,2,8-9,11,14,33H2,1H3,(H,37,38)(H2,34,35,36);1H/t17?,22-,26+;/m0./s1. The highest BCUT2D eigenvalue weighted by atomic mass is 35.5. The first-order valence-electron chi connectivity index (χ1n) is 12.9. The molecule has 0 bridgehead atoms. The topological polar surface area (TPSA) is 134 Å². The smallest absolute Gasteiger partial charge is 0.429 e. The van der Waals surface area contributed by atoms with E-state index in [1.54, 1.807) is 19.1 Å². The van der Waals surface area contributed by atoms with Crippen LogP contribution in [0.3, 0.4) is 0 Å². The molecule has 4 rings (SSSR count). The summed E-state index contributed by atoms with van der Waals surface area (Å²) in [6, 6.07) is 14.2. The van der Waals surface area contributed by atoms with Crippen molar-refractivity contribution in [3.05, 3.63) is 71.9 Å². The molecule has 1 heterocycles. The summed E-state index contributed by atoms with van der Waals surface area (Å²) in [6.45, 7) is 1.85. The maximum absolute atomic E-state index is 14.4. The zero-order valence-corrected chi connectivity index (χ0v) is 23.1. The second-order valence-electron chi connectivity index (χ2n) is 9.59. The number of nitrogens with two attached hydrogens (primary N) is 2. The third-order valence-corrected chi connectivity index (χ3v) is 6.71. The SMILES string of the molecule is CCOc1cc(-c2ccccc2)ccc1[C@@H](Oc1cc(C2=CCC(C[C@H](N)C(=O)O)CC2)nc(N)n1)C(F)(F)F.Cl. The molecular weight excluding hydrogens is 561 g/mol. The van der Waals surface area contributed by atoms with E-state index in [9.17, 15) is 18.0 Å². The number of rotatable bonds is 10. The molecule has 3 atom stereocenters. The van der Waals surface area contributed by atoms with E-state index in [1.165, 1.54) is 12.1 Å². The Labute approximate surface area is 242 Å². The van der Waals surface area contributed by atoms with Crippen molar-refractivity contribution in [2.75, 3.05) is 12.3 Å². The second kappa shape index (κ2) is 13.7. The van der Waals surface area contributed by atoms with Gasteiger partial charge in [0.2, 0.25) is 17.9 Å². The van der Waals surface area contributed by atoms with E-state index in [-0.39, 0.29) is 48.1 Å². The minimum absolute atomic E-state index is 0. The number of carboxylic acid groups (broad SMARTS) is 1. The number of nitrogen functional groups attached to an aromatic ring is 1. The van der Waals surface area contributed by atoms with Crippen molar-refractivity contribution in [2.24, 2.45) is 11.7 Å². The van der Waals surface area contributed by atoms with E-state index >= 15 is 0 Å². The van der Waals surface area contributed by atoms with Crippen LogP contribution in [0, 0.1) is 5.92 Å². The van der Waals surface area contributed by atoms with Crippen LogP contribution in [0.2, 0.25) is 0 Å². The van der Waals surface area contributed by atoms with Gasteiger partial charge in [0, 0.05) is 11.6 Å². The van der Waals surface area contributed by atoms with Gasteiger partial charge >= 0.3 is 12.1 Å². The Kier molecular flexibility index (Phi) is 10.6. The monoisotopic (exact) mass is 592 g/mol. The molecule has 220 valence electrons. The van der Waals surface area contributed by atoms with Gasteiger partial charge in [-0.1, -0.05) is 48.5 Å². The second-order valence-corrected chi connectivity index (χ2v) is 9.59. The van der Waals surface area contributed by atoms with E-state index in [0.29, 0.717) is 36.9 Å². The zero-order valence-electron chi connectivity index (χ0n) is 22.3. The van der Waals surface area contributed by atoms with Gasteiger partial charge < -0.3 is 26.0 Å². The highest BCUT2D eigenvalue weighted by Crippen LogP contribution is 2.42. The van der Waals surface area contributed by atoms with Crippen LogP contribution in [-0.4, -0.2) is 39.9 Å². The number of benzene rings is 2. The average Bonchev–Trinajstić information content (AvgIpc) is 2.92. The molecule has 3 aromatic rings. The molecule has 1 aromatic heterocycles. The third kappa shape index (κ3) is 8.11. The number of hydrogen-bond acceptors (Lipinski definition) is 7. The van der Waals surface area contributed by atoms with Crippen LogP contribution in [-0.2, 0) is 4.79 Å². The summed E-state index contributed by atoms with van der Waals surface area (Å²) in [7, 11) is 0. The number of hydrogen-bond donors (Lipinski definition) is 3. The summed E-state index contributed by atoms with van der Waals surface area (Å²) in [4.78, 5) is 19.2. The Morgan fingerprint density at radius 2 is 1.85 bits per heavy atom. The lowest BCUT2D eigenvalue weighted by Gasteiger charge is -2.25. The molecule has 0 spiro atoms. The molecule has 0 aliphatic heterocycles. The summed E-state index contributed by atoms with van der Waals surface area (Å²) in [6.07, 6.45) is -3.20. The maximum atomic E-state index is 14.4. The van der Waals surface area contributed by atoms with Gasteiger partial charge in [0.1, 0.15) is 11.8 Å². The van der Waals surface area contributed by atoms with E-state index in [0.717, 1.165) is 11.1 Å². The molecule has 2 aromatic carbocycles. The van der Waals surface area contributed by atoms with Crippen LogP contribution in [0.4, 0.5) is 19.1 Å².